The van der Waals surface area contributed by atoms with Gasteiger partial charge in [0.15, 0.2) is 0 Å². The van der Waals surface area contributed by atoms with E-state index in [-0.39, 0.29) is 0 Å². The lowest BCUT2D eigenvalue weighted by Gasteiger charge is -1.98. The Morgan fingerprint density at radius 1 is 0.824 bits per heavy atom. The van der Waals surface area contributed by atoms with Crippen molar-refractivity contribution in [1.29, 1.82) is 0 Å². The van der Waals surface area contributed by atoms with Crippen molar-refractivity contribution in [2.45, 2.75) is 13.3 Å². The minimum Gasteiger partial charge on any atom is -0.132 e. The molecule has 0 aliphatic carbocycles. The van der Waals surface area contributed by atoms with Gasteiger partial charge in [0.2, 0.25) is 0 Å². The molecule has 0 unspecified atom stereocenters. The molecule has 0 N–H and O–H groups in total. The highest BCUT2D eigenvalue weighted by atomic mass is 27.2. The van der Waals surface area contributed by atoms with E-state index in [1.807, 2.05) is 0 Å². The normalized spacial score (nSPS) is 14.1. The zero-order chi connectivity index (χ0) is 11.7. The van der Waals surface area contributed by atoms with Crippen LogP contribution in [0.4, 0.5) is 0 Å². The lowest BCUT2D eigenvalue weighted by Crippen LogP contribution is -2.19. The van der Waals surface area contributed by atoms with Gasteiger partial charge in [-0.05, 0) is 12.0 Å². The van der Waals surface area contributed by atoms with E-state index in [0.29, 0.717) is 0 Å². The third-order valence-corrected chi connectivity index (χ3v) is 6.91. The molecule has 0 bridgehead atoms. The molecule has 1 heterocycles. The van der Waals surface area contributed by atoms with Gasteiger partial charge in [-0.25, -0.2) is 0 Å². The van der Waals surface area contributed by atoms with Crippen molar-refractivity contribution >= 4 is 23.0 Å². The number of allylic oxidation sites excluding steroid dienone is 1. The van der Waals surface area contributed by atoms with E-state index in [9.17, 15) is 0 Å². The van der Waals surface area contributed by atoms with Crippen molar-refractivity contribution in [2.75, 3.05) is 0 Å². The van der Waals surface area contributed by atoms with E-state index < -0.39 is 14.1 Å². The quantitative estimate of drug-likeness (QED) is 0.714. The highest BCUT2D eigenvalue weighted by Gasteiger charge is 2.43. The van der Waals surface area contributed by atoms with Gasteiger partial charge in [0, 0.05) is 0 Å². The lowest BCUT2D eigenvalue weighted by molar-refractivity contribution is 1.22. The Morgan fingerprint density at radius 2 is 1.41 bits per heavy atom. The number of benzene rings is 2. The molecule has 0 fully saturated rings. The van der Waals surface area contributed by atoms with Gasteiger partial charge in [0.25, 0.3) is 0 Å². The molecule has 0 atom stereocenters. The molecule has 0 nitrogen and oxygen atoms in total. The molecule has 17 heavy (non-hydrogen) atoms. The first-order valence-corrected chi connectivity index (χ1v) is 7.98. The van der Waals surface area contributed by atoms with Crippen LogP contribution >= 0.6 is 0 Å². The fourth-order valence-electron chi connectivity index (χ4n) is 2.64. The Kier molecular flexibility index (Phi) is 2.89. The predicted molar refractivity (Wildman–Crippen MR) is 75.5 cm³/mol. The van der Waals surface area contributed by atoms with Crippen molar-refractivity contribution in [2.24, 2.45) is 0 Å². The van der Waals surface area contributed by atoms with E-state index in [4.69, 9.17) is 0 Å². The average Bonchev–Trinajstić information content (AvgIpc) is 3.15. The lowest BCUT2D eigenvalue weighted by atomic mass is 10.2. The molecule has 2 aromatic carbocycles. The van der Waals surface area contributed by atoms with Crippen molar-refractivity contribution in [3.05, 3.63) is 70.7 Å². The second kappa shape index (κ2) is 4.53. The van der Waals surface area contributed by atoms with Gasteiger partial charge in [-0.1, -0.05) is 72.0 Å². The summed E-state index contributed by atoms with van der Waals surface area (Å²) in [5.74, 6) is 0. The summed E-state index contributed by atoms with van der Waals surface area (Å²) in [4.78, 5) is 0. The van der Waals surface area contributed by atoms with Crippen molar-refractivity contribution in [3.63, 3.8) is 0 Å². The van der Waals surface area contributed by atoms with Crippen molar-refractivity contribution < 1.29 is 0 Å². The second-order valence-electron chi connectivity index (χ2n) is 4.50. The van der Waals surface area contributed by atoms with Gasteiger partial charge in [0.1, 0.15) is 0 Å². The van der Waals surface area contributed by atoms with Crippen LogP contribution in [-0.2, 0) is 0 Å². The first-order valence-electron chi connectivity index (χ1n) is 6.25. The van der Waals surface area contributed by atoms with Crippen LogP contribution in [0.25, 0.3) is 4.44 Å². The summed E-state index contributed by atoms with van der Waals surface area (Å²) in [6, 6.07) is 21.9. The molecule has 1 aliphatic heterocycles. The third-order valence-electron chi connectivity index (χ3n) is 3.50. The van der Waals surface area contributed by atoms with Crippen LogP contribution in [0, 0.1) is 0 Å². The summed E-state index contributed by atoms with van der Waals surface area (Å²) < 4.78 is 4.99. The SMILES string of the molecule is CC[C]1=[C](c2ccccc2)[Al]1[c]1ccccc1. The molecule has 0 saturated heterocycles. The van der Waals surface area contributed by atoms with Crippen LogP contribution in [0.3, 0.4) is 0 Å². The van der Waals surface area contributed by atoms with Crippen LogP contribution < -0.4 is 4.43 Å². The molecule has 0 radical (unpaired) electrons. The maximum absolute atomic E-state index is 2.29. The van der Waals surface area contributed by atoms with Gasteiger partial charge >= 0.3 is 14.1 Å². The molecule has 1 heteroatoms. The van der Waals surface area contributed by atoms with E-state index >= 15 is 0 Å². The second-order valence-corrected chi connectivity index (χ2v) is 7.31. The van der Waals surface area contributed by atoms with Crippen molar-refractivity contribution in [3.8, 4) is 0 Å². The summed E-state index contributed by atoms with van der Waals surface area (Å²) in [5, 5.41) is 0. The Balaban J connectivity index is 1.93. The smallest absolute Gasteiger partial charge is 0.132 e. The first-order chi connectivity index (χ1) is 8.42. The number of hydrogen-bond donors (Lipinski definition) is 0. The highest BCUT2D eigenvalue weighted by Crippen LogP contribution is 2.40. The van der Waals surface area contributed by atoms with Gasteiger partial charge in [-0.2, -0.15) is 0 Å². The Labute approximate surface area is 107 Å². The summed E-state index contributed by atoms with van der Waals surface area (Å²) in [5.41, 5.74) is 1.45. The molecule has 0 amide bonds. The minimum absolute atomic E-state index is 0.902. The van der Waals surface area contributed by atoms with Gasteiger partial charge in [0.05, 0.1) is 0 Å². The van der Waals surface area contributed by atoms with Crippen LogP contribution in [0.2, 0.25) is 0 Å². The van der Waals surface area contributed by atoms with Gasteiger partial charge in [-0.15, -0.1) is 8.87 Å². The monoisotopic (exact) mass is 234 g/mol. The molecule has 1 aliphatic rings. The maximum atomic E-state index is 2.29. The first kappa shape index (κ1) is 10.8. The van der Waals surface area contributed by atoms with E-state index in [2.05, 4.69) is 67.6 Å². The van der Waals surface area contributed by atoms with E-state index in [1.165, 1.54) is 12.0 Å². The fraction of sp³-hybridized carbons (Fsp3) is 0.125. The Morgan fingerprint density at radius 3 is 2.00 bits per heavy atom. The molecule has 82 valence electrons. The van der Waals surface area contributed by atoms with Crippen LogP contribution in [0.15, 0.2) is 65.1 Å². The molecule has 2 aromatic rings. The number of hydrogen-bond acceptors (Lipinski definition) is 0. The van der Waals surface area contributed by atoms with Crippen LogP contribution in [0.1, 0.15) is 18.9 Å². The Hall–Kier alpha value is -1.29. The van der Waals surface area contributed by atoms with E-state index in [1.54, 1.807) is 13.3 Å². The van der Waals surface area contributed by atoms with E-state index in [0.717, 1.165) is 0 Å². The summed E-state index contributed by atoms with van der Waals surface area (Å²) in [7, 11) is 0. The van der Waals surface area contributed by atoms with Crippen molar-refractivity contribution in [1.82, 2.24) is 0 Å². The molecule has 0 saturated carbocycles. The topological polar surface area (TPSA) is 0 Å². The fourth-order valence-corrected chi connectivity index (χ4v) is 6.08. The molecular weight excluding hydrogens is 219 g/mol. The average molecular weight is 234 g/mol. The van der Waals surface area contributed by atoms with Gasteiger partial charge in [-0.3, -0.25) is 0 Å². The number of rotatable bonds is 3. The standard InChI is InChI=1S/C10H10.C6H5.Al/c1-2-3-7-10-8-5-4-6-9-10;1-2-4-6-5-3-1;/h4-6,8-9H,2H2,1H3;1-5H;. The third kappa shape index (κ3) is 1.97. The Bertz CT molecular complexity index is 540. The molecule has 0 spiro atoms. The summed E-state index contributed by atoms with van der Waals surface area (Å²) in [6.45, 7) is 2.29. The minimum atomic E-state index is -0.902. The summed E-state index contributed by atoms with van der Waals surface area (Å²) >= 11 is -0.902. The van der Waals surface area contributed by atoms with Gasteiger partial charge < -0.3 is 0 Å². The largest absolute Gasteiger partial charge is 0.376 e. The summed E-state index contributed by atoms with van der Waals surface area (Å²) in [6.07, 6.45) is 1.22. The van der Waals surface area contributed by atoms with Crippen LogP contribution in [0.5, 0.6) is 0 Å². The van der Waals surface area contributed by atoms with Crippen LogP contribution in [-0.4, -0.2) is 14.1 Å². The molecule has 3 rings (SSSR count). The zero-order valence-electron chi connectivity index (χ0n) is 10.1. The maximum Gasteiger partial charge on any atom is 0.376 e. The molecule has 0 aromatic heterocycles. The zero-order valence-corrected chi connectivity index (χ0v) is 11.2. The predicted octanol–water partition coefficient (Wildman–Crippen LogP) is 3.34. The highest BCUT2D eigenvalue weighted by molar-refractivity contribution is 7.07. The molecular formula is C16H15Al.